The Balaban J connectivity index is 2.14. The van der Waals surface area contributed by atoms with Crippen LogP contribution in [0.2, 0.25) is 0 Å². The lowest BCUT2D eigenvalue weighted by atomic mass is 10.1. The van der Waals surface area contributed by atoms with Crippen molar-refractivity contribution in [2.45, 2.75) is 12.6 Å². The van der Waals surface area contributed by atoms with Crippen molar-refractivity contribution >= 4 is 0 Å². The summed E-state index contributed by atoms with van der Waals surface area (Å²) in [5.41, 5.74) is 0.844. The predicted octanol–water partition coefficient (Wildman–Crippen LogP) is 2.93. The highest BCUT2D eigenvalue weighted by Crippen LogP contribution is 2.20. The highest BCUT2D eigenvalue weighted by atomic mass is 19.2. The second-order valence-electron chi connectivity index (χ2n) is 4.39. The Kier molecular flexibility index (Phi) is 4.76. The average Bonchev–Trinajstić information content (AvgIpc) is 2.46. The number of hydrogen-bond donors (Lipinski definition) is 2. The Bertz CT molecular complexity index is 575. The highest BCUT2D eigenvalue weighted by Gasteiger charge is 2.18. The molecule has 1 atom stereocenters. The van der Waals surface area contributed by atoms with Crippen molar-refractivity contribution in [3.63, 3.8) is 0 Å². The van der Waals surface area contributed by atoms with Gasteiger partial charge in [0.1, 0.15) is 5.82 Å². The third kappa shape index (κ3) is 3.37. The van der Waals surface area contributed by atoms with E-state index < -0.39 is 30.1 Å². The largest absolute Gasteiger partial charge is 0.394 e. The van der Waals surface area contributed by atoms with Gasteiger partial charge in [0.2, 0.25) is 0 Å². The molecule has 0 radical (unpaired) electrons. The van der Waals surface area contributed by atoms with Crippen LogP contribution in [0, 0.1) is 17.5 Å². The molecule has 0 amide bonds. The minimum atomic E-state index is -1.24. The number of halogens is 3. The lowest BCUT2D eigenvalue weighted by Crippen LogP contribution is -2.25. The fraction of sp³-hybridized carbons (Fsp3) is 0.200. The maximum absolute atomic E-state index is 13.6. The van der Waals surface area contributed by atoms with Gasteiger partial charge in [-0.25, -0.2) is 13.2 Å². The van der Waals surface area contributed by atoms with E-state index in [0.29, 0.717) is 12.6 Å². The van der Waals surface area contributed by atoms with Gasteiger partial charge in [-0.05, 0) is 11.6 Å². The van der Waals surface area contributed by atoms with Gasteiger partial charge < -0.3 is 10.4 Å². The normalized spacial score (nSPS) is 12.4. The summed E-state index contributed by atoms with van der Waals surface area (Å²) in [4.78, 5) is 0. The molecule has 5 heteroatoms. The van der Waals surface area contributed by atoms with Gasteiger partial charge in [0.05, 0.1) is 12.6 Å². The summed E-state index contributed by atoms with van der Waals surface area (Å²) >= 11 is 0. The van der Waals surface area contributed by atoms with Gasteiger partial charge in [-0.15, -0.1) is 0 Å². The van der Waals surface area contributed by atoms with E-state index in [2.05, 4.69) is 5.32 Å². The van der Waals surface area contributed by atoms with Crippen LogP contribution in [0.5, 0.6) is 0 Å². The molecule has 106 valence electrons. The first-order valence-electron chi connectivity index (χ1n) is 6.14. The third-order valence-corrected chi connectivity index (χ3v) is 2.99. The van der Waals surface area contributed by atoms with Crippen molar-refractivity contribution in [1.29, 1.82) is 0 Å². The molecule has 2 aromatic rings. The summed E-state index contributed by atoms with van der Waals surface area (Å²) in [5, 5.41) is 12.2. The monoisotopic (exact) mass is 281 g/mol. The van der Waals surface area contributed by atoms with E-state index >= 15 is 0 Å². The van der Waals surface area contributed by atoms with Crippen LogP contribution in [0.4, 0.5) is 13.2 Å². The molecule has 2 nitrogen and oxygen atoms in total. The fourth-order valence-corrected chi connectivity index (χ4v) is 1.91. The molecule has 20 heavy (non-hydrogen) atoms. The molecule has 2 rings (SSSR count). The van der Waals surface area contributed by atoms with Crippen LogP contribution in [0.3, 0.4) is 0 Å². The molecule has 0 aliphatic rings. The Morgan fingerprint density at radius 1 is 0.950 bits per heavy atom. The first kappa shape index (κ1) is 14.6. The molecule has 0 aromatic heterocycles. The highest BCUT2D eigenvalue weighted by molar-refractivity contribution is 5.24. The zero-order chi connectivity index (χ0) is 14.5. The first-order valence-corrected chi connectivity index (χ1v) is 6.14. The van der Waals surface area contributed by atoms with Gasteiger partial charge >= 0.3 is 0 Å². The van der Waals surface area contributed by atoms with Crippen molar-refractivity contribution in [3.8, 4) is 0 Å². The quantitative estimate of drug-likeness (QED) is 0.826. The zero-order valence-electron chi connectivity index (χ0n) is 10.6. The summed E-state index contributed by atoms with van der Waals surface area (Å²) < 4.78 is 39.7. The van der Waals surface area contributed by atoms with E-state index in [1.807, 2.05) is 30.3 Å². The lowest BCUT2D eigenvalue weighted by Gasteiger charge is -2.17. The van der Waals surface area contributed by atoms with Crippen LogP contribution >= 0.6 is 0 Å². The minimum absolute atomic E-state index is 0.0951. The van der Waals surface area contributed by atoms with Crippen LogP contribution in [0.1, 0.15) is 17.2 Å². The average molecular weight is 281 g/mol. The molecule has 0 saturated carbocycles. The van der Waals surface area contributed by atoms with Gasteiger partial charge in [-0.3, -0.25) is 0 Å². The predicted molar refractivity (Wildman–Crippen MR) is 69.4 cm³/mol. The van der Waals surface area contributed by atoms with E-state index in [0.717, 1.165) is 11.6 Å². The van der Waals surface area contributed by atoms with E-state index in [1.165, 1.54) is 0 Å². The third-order valence-electron chi connectivity index (χ3n) is 2.99. The molecule has 0 heterocycles. The summed E-state index contributed by atoms with van der Waals surface area (Å²) in [6.45, 7) is -0.0423. The minimum Gasteiger partial charge on any atom is -0.394 e. The van der Waals surface area contributed by atoms with Gasteiger partial charge in [-0.2, -0.15) is 0 Å². The Morgan fingerprint density at radius 2 is 1.60 bits per heavy atom. The molecular formula is C15H14F3NO. The SMILES string of the molecule is OCC(NCc1ccccc1)c1cc(F)c(F)cc1F. The van der Waals surface area contributed by atoms with Crippen molar-refractivity contribution in [3.05, 3.63) is 71.0 Å². The van der Waals surface area contributed by atoms with E-state index in [1.54, 1.807) is 0 Å². The second-order valence-corrected chi connectivity index (χ2v) is 4.39. The van der Waals surface area contributed by atoms with Crippen molar-refractivity contribution < 1.29 is 18.3 Å². The number of aliphatic hydroxyl groups excluding tert-OH is 1. The molecule has 0 saturated heterocycles. The van der Waals surface area contributed by atoms with Crippen LogP contribution in [0.15, 0.2) is 42.5 Å². The molecule has 2 aromatic carbocycles. The standard InChI is InChI=1S/C15H14F3NO/c16-12-7-14(18)13(17)6-11(12)15(9-20)19-8-10-4-2-1-3-5-10/h1-7,15,19-20H,8-9H2. The van der Waals surface area contributed by atoms with Crippen LogP contribution in [0.25, 0.3) is 0 Å². The van der Waals surface area contributed by atoms with Crippen molar-refractivity contribution in [2.24, 2.45) is 0 Å². The Hall–Kier alpha value is -1.85. The zero-order valence-corrected chi connectivity index (χ0v) is 10.6. The van der Waals surface area contributed by atoms with Gasteiger partial charge in [0, 0.05) is 18.2 Å². The van der Waals surface area contributed by atoms with Crippen molar-refractivity contribution in [1.82, 2.24) is 5.32 Å². The van der Waals surface area contributed by atoms with Gasteiger partial charge in [-0.1, -0.05) is 30.3 Å². The first-order chi connectivity index (χ1) is 9.61. The summed E-state index contributed by atoms with van der Waals surface area (Å²) in [6, 6.07) is 9.74. The van der Waals surface area contributed by atoms with Crippen molar-refractivity contribution in [2.75, 3.05) is 6.61 Å². The van der Waals surface area contributed by atoms with E-state index in [-0.39, 0.29) is 5.56 Å². The number of rotatable bonds is 5. The summed E-state index contributed by atoms with van der Waals surface area (Å²) in [5.74, 6) is -3.27. The Morgan fingerprint density at radius 3 is 2.25 bits per heavy atom. The van der Waals surface area contributed by atoms with Crippen LogP contribution in [-0.4, -0.2) is 11.7 Å². The van der Waals surface area contributed by atoms with Crippen LogP contribution in [-0.2, 0) is 6.54 Å². The Labute approximate surface area is 114 Å². The number of nitrogens with one attached hydrogen (secondary N) is 1. The molecular weight excluding hydrogens is 267 g/mol. The van der Waals surface area contributed by atoms with Gasteiger partial charge in [0.25, 0.3) is 0 Å². The van der Waals surface area contributed by atoms with E-state index in [9.17, 15) is 18.3 Å². The smallest absolute Gasteiger partial charge is 0.161 e. The topological polar surface area (TPSA) is 32.3 Å². The van der Waals surface area contributed by atoms with E-state index in [4.69, 9.17) is 0 Å². The molecule has 2 N–H and O–H groups in total. The molecule has 0 aliphatic carbocycles. The second kappa shape index (κ2) is 6.54. The molecule has 0 bridgehead atoms. The number of benzene rings is 2. The maximum atomic E-state index is 13.6. The summed E-state index contributed by atoms with van der Waals surface area (Å²) in [7, 11) is 0. The van der Waals surface area contributed by atoms with Gasteiger partial charge in [0.15, 0.2) is 11.6 Å². The molecule has 0 aliphatic heterocycles. The number of hydrogen-bond acceptors (Lipinski definition) is 2. The molecule has 0 fully saturated rings. The molecule has 0 spiro atoms. The summed E-state index contributed by atoms with van der Waals surface area (Å²) in [6.07, 6.45) is 0. The molecule has 1 unspecified atom stereocenters. The van der Waals surface area contributed by atoms with Crippen LogP contribution < -0.4 is 5.32 Å². The number of aliphatic hydroxyl groups is 1. The fourth-order valence-electron chi connectivity index (χ4n) is 1.91. The maximum Gasteiger partial charge on any atom is 0.161 e. The lowest BCUT2D eigenvalue weighted by molar-refractivity contribution is 0.240.